The van der Waals surface area contributed by atoms with Crippen LogP contribution in [0.2, 0.25) is 0 Å². The number of halogens is 1. The first kappa shape index (κ1) is 15.7. The lowest BCUT2D eigenvalue weighted by Gasteiger charge is -2.25. The van der Waals surface area contributed by atoms with Gasteiger partial charge < -0.3 is 19.5 Å². The van der Waals surface area contributed by atoms with E-state index in [9.17, 15) is 19.4 Å². The molecule has 0 bridgehead atoms. The van der Waals surface area contributed by atoms with Gasteiger partial charge in [-0.05, 0) is 6.92 Å². The highest BCUT2D eigenvalue weighted by Crippen LogP contribution is 2.43. The minimum Gasteiger partial charge on any atom is -0.394 e. The lowest BCUT2D eigenvalue weighted by molar-refractivity contribution is -0.0564. The smallest absolute Gasteiger partial charge is 0.181 e. The molecule has 23 heavy (non-hydrogen) atoms. The quantitative estimate of drug-likeness (QED) is 0.457. The monoisotopic (exact) mass is 326 g/mol. The largest absolute Gasteiger partial charge is 0.394 e. The Morgan fingerprint density at radius 2 is 2.30 bits per heavy atom. The molecular formula is C13H15FN4O5. The number of nitrogens with one attached hydrogen (secondary N) is 1. The molecule has 1 aliphatic rings. The fraction of sp³-hybridized carbons (Fsp3) is 0.462. The topological polar surface area (TPSA) is 130 Å². The van der Waals surface area contributed by atoms with Crippen molar-refractivity contribution in [3.8, 4) is 0 Å². The molecule has 3 rings (SSSR count). The van der Waals surface area contributed by atoms with Gasteiger partial charge in [0, 0.05) is 11.8 Å². The Hall–Kier alpha value is -2.14. The van der Waals surface area contributed by atoms with Crippen molar-refractivity contribution in [2.75, 3.05) is 12.1 Å². The average molecular weight is 326 g/mol. The molecule has 9 nitrogen and oxygen atoms in total. The Morgan fingerprint density at radius 3 is 2.87 bits per heavy atom. The number of alkyl halides is 1. The van der Waals surface area contributed by atoms with E-state index in [1.165, 1.54) is 10.8 Å². The molecule has 0 saturated carbocycles. The van der Waals surface area contributed by atoms with Gasteiger partial charge in [0.2, 0.25) is 0 Å². The molecule has 2 unspecified atom stereocenters. The van der Waals surface area contributed by atoms with E-state index in [0.717, 1.165) is 13.3 Å². The Morgan fingerprint density at radius 1 is 1.57 bits per heavy atom. The highest BCUT2D eigenvalue weighted by molar-refractivity contribution is 6.01. The van der Waals surface area contributed by atoms with Crippen LogP contribution >= 0.6 is 0 Å². The van der Waals surface area contributed by atoms with Crippen molar-refractivity contribution in [2.24, 2.45) is 0 Å². The van der Waals surface area contributed by atoms with Crippen LogP contribution < -0.4 is 5.48 Å². The summed E-state index contributed by atoms with van der Waals surface area (Å²) in [4.78, 5) is 19.0. The molecule has 0 spiro atoms. The Kier molecular flexibility index (Phi) is 3.76. The number of fused-ring (bicyclic) bond motifs is 1. The van der Waals surface area contributed by atoms with E-state index in [1.54, 1.807) is 0 Å². The van der Waals surface area contributed by atoms with Gasteiger partial charge in [-0.1, -0.05) is 0 Å². The van der Waals surface area contributed by atoms with E-state index in [-0.39, 0.29) is 22.4 Å². The molecular weight excluding hydrogens is 311 g/mol. The normalized spacial score (nSPS) is 30.7. The Balaban J connectivity index is 2.19. The number of rotatable bonds is 4. The zero-order valence-electron chi connectivity index (χ0n) is 12.0. The summed E-state index contributed by atoms with van der Waals surface area (Å²) < 4.78 is 21.5. The summed E-state index contributed by atoms with van der Waals surface area (Å²) in [6, 6.07) is 0. The highest BCUT2D eigenvalue weighted by atomic mass is 19.1. The molecule has 2 aromatic rings. The first-order valence-electron chi connectivity index (χ1n) is 6.79. The number of ether oxygens (including phenoxy) is 1. The van der Waals surface area contributed by atoms with Crippen LogP contribution in [0.15, 0.2) is 12.5 Å². The molecule has 2 aromatic heterocycles. The standard InChI is InChI=1S/C13H15FN4O5/c1-13(14)9(21)7(4-20)23-12(13)18-2-6(3-19)8-10(17-22)15-5-16-11(8)18/h2-3,5,7,9,12,20-22H,4H2,1H3,(H,15,16,17)/t7?,9?,12-,13-/m1/s1. The summed E-state index contributed by atoms with van der Waals surface area (Å²) in [5.74, 6) is -0.0198. The van der Waals surface area contributed by atoms with Crippen molar-refractivity contribution in [1.29, 1.82) is 0 Å². The van der Waals surface area contributed by atoms with Crippen LogP contribution in [0.25, 0.3) is 11.0 Å². The number of carbonyl (C=O) groups excluding carboxylic acids is 1. The van der Waals surface area contributed by atoms with Crippen LogP contribution in [0, 0.1) is 0 Å². The van der Waals surface area contributed by atoms with Crippen LogP contribution in [0.3, 0.4) is 0 Å². The highest BCUT2D eigenvalue weighted by Gasteiger charge is 2.55. The molecule has 0 amide bonds. The number of aromatic nitrogens is 3. The third-order valence-corrected chi connectivity index (χ3v) is 4.02. The number of hydrogen-bond acceptors (Lipinski definition) is 8. The zero-order valence-corrected chi connectivity index (χ0v) is 12.0. The first-order chi connectivity index (χ1) is 11.0. The molecule has 124 valence electrons. The van der Waals surface area contributed by atoms with Crippen LogP contribution in [0.1, 0.15) is 23.5 Å². The molecule has 0 radical (unpaired) electrons. The van der Waals surface area contributed by atoms with Gasteiger partial charge in [0.1, 0.15) is 24.2 Å². The summed E-state index contributed by atoms with van der Waals surface area (Å²) in [7, 11) is 0. The summed E-state index contributed by atoms with van der Waals surface area (Å²) in [6.07, 6.45) is -1.05. The predicted molar refractivity (Wildman–Crippen MR) is 74.8 cm³/mol. The lowest BCUT2D eigenvalue weighted by atomic mass is 9.98. The number of aliphatic hydroxyl groups excluding tert-OH is 2. The second-order valence-corrected chi connectivity index (χ2v) is 5.45. The van der Waals surface area contributed by atoms with Gasteiger partial charge in [-0.15, -0.1) is 0 Å². The molecule has 4 atom stereocenters. The van der Waals surface area contributed by atoms with Crippen molar-refractivity contribution in [1.82, 2.24) is 14.5 Å². The van der Waals surface area contributed by atoms with E-state index in [2.05, 4.69) is 9.97 Å². The van der Waals surface area contributed by atoms with Gasteiger partial charge in [-0.25, -0.2) is 14.4 Å². The van der Waals surface area contributed by atoms with Crippen molar-refractivity contribution >= 4 is 23.1 Å². The van der Waals surface area contributed by atoms with Crippen LogP contribution in [0.4, 0.5) is 10.2 Å². The summed E-state index contributed by atoms with van der Waals surface area (Å²) >= 11 is 0. The fourth-order valence-corrected chi connectivity index (χ4v) is 2.83. The van der Waals surface area contributed by atoms with Crippen LogP contribution in [0.5, 0.6) is 0 Å². The van der Waals surface area contributed by atoms with E-state index in [1.807, 2.05) is 5.48 Å². The summed E-state index contributed by atoms with van der Waals surface area (Å²) in [6.45, 7) is 0.576. The maximum Gasteiger partial charge on any atom is 0.181 e. The molecule has 0 aliphatic carbocycles. The fourth-order valence-electron chi connectivity index (χ4n) is 2.83. The van der Waals surface area contributed by atoms with E-state index in [4.69, 9.17) is 9.94 Å². The number of nitrogens with zero attached hydrogens (tertiary/aromatic N) is 3. The summed E-state index contributed by atoms with van der Waals surface area (Å²) in [5.41, 5.74) is -0.127. The molecule has 1 saturated heterocycles. The van der Waals surface area contributed by atoms with Crippen LogP contribution in [-0.4, -0.2) is 60.7 Å². The van der Waals surface area contributed by atoms with Gasteiger partial charge in [0.25, 0.3) is 0 Å². The number of anilines is 1. The van der Waals surface area contributed by atoms with Gasteiger partial charge in [0.05, 0.1) is 12.0 Å². The van der Waals surface area contributed by atoms with E-state index < -0.39 is 30.7 Å². The first-order valence-corrected chi connectivity index (χ1v) is 6.79. The maximum atomic E-state index is 14.9. The SMILES string of the molecule is C[C@@]1(F)C(O)C(CO)O[C@H]1n1cc(C=O)c2c(NO)ncnc21. The minimum absolute atomic E-state index is 0.0198. The van der Waals surface area contributed by atoms with Crippen LogP contribution in [-0.2, 0) is 4.74 Å². The van der Waals surface area contributed by atoms with Crippen molar-refractivity contribution in [3.63, 3.8) is 0 Å². The second kappa shape index (κ2) is 5.49. The third kappa shape index (κ3) is 2.18. The van der Waals surface area contributed by atoms with Gasteiger partial charge in [0.15, 0.2) is 24.0 Å². The van der Waals surface area contributed by atoms with E-state index >= 15 is 0 Å². The van der Waals surface area contributed by atoms with Gasteiger partial charge >= 0.3 is 0 Å². The van der Waals surface area contributed by atoms with Gasteiger partial charge in [-0.2, -0.15) is 0 Å². The number of hydrogen-bond donors (Lipinski definition) is 4. The molecule has 1 aliphatic heterocycles. The minimum atomic E-state index is -2.22. The molecule has 0 aromatic carbocycles. The Bertz CT molecular complexity index is 749. The maximum absolute atomic E-state index is 14.9. The number of aldehydes is 1. The Labute approximate surface area is 129 Å². The average Bonchev–Trinajstić information content (AvgIpc) is 3.03. The zero-order chi connectivity index (χ0) is 16.8. The third-order valence-electron chi connectivity index (χ3n) is 4.02. The predicted octanol–water partition coefficient (Wildman–Crippen LogP) is 0.0237. The lowest BCUT2D eigenvalue weighted by Crippen LogP contribution is -2.40. The van der Waals surface area contributed by atoms with Crippen molar-refractivity contribution in [3.05, 3.63) is 18.1 Å². The van der Waals surface area contributed by atoms with Crippen molar-refractivity contribution in [2.45, 2.75) is 31.0 Å². The number of aliphatic hydroxyl groups is 2. The van der Waals surface area contributed by atoms with Crippen molar-refractivity contribution < 1.29 is 29.3 Å². The summed E-state index contributed by atoms with van der Waals surface area (Å²) in [5, 5.41) is 28.4. The molecule has 1 fully saturated rings. The molecule has 4 N–H and O–H groups in total. The molecule has 10 heteroatoms. The second-order valence-electron chi connectivity index (χ2n) is 5.45. The number of carbonyl (C=O) groups is 1. The van der Waals surface area contributed by atoms with E-state index in [0.29, 0.717) is 6.29 Å². The molecule has 3 heterocycles. The van der Waals surface area contributed by atoms with Gasteiger partial charge in [-0.3, -0.25) is 15.5 Å².